The zero-order valence-electron chi connectivity index (χ0n) is 19.2. The summed E-state index contributed by atoms with van der Waals surface area (Å²) in [6.45, 7) is 7.79. The highest BCUT2D eigenvalue weighted by Crippen LogP contribution is 2.32. The van der Waals surface area contributed by atoms with Gasteiger partial charge in [-0.05, 0) is 54.1 Å². The van der Waals surface area contributed by atoms with Crippen LogP contribution in [0.25, 0.3) is 10.2 Å². The van der Waals surface area contributed by atoms with E-state index in [9.17, 15) is 13.2 Å². The molecule has 4 aromatic rings. The van der Waals surface area contributed by atoms with Crippen molar-refractivity contribution in [2.45, 2.75) is 11.4 Å². The number of amides is 1. The summed E-state index contributed by atoms with van der Waals surface area (Å²) in [5.74, 6) is -0.318. The van der Waals surface area contributed by atoms with E-state index in [1.165, 1.54) is 52.1 Å². The van der Waals surface area contributed by atoms with E-state index in [1.807, 2.05) is 18.2 Å². The molecule has 36 heavy (non-hydrogen) atoms. The van der Waals surface area contributed by atoms with Crippen molar-refractivity contribution in [3.8, 4) is 0 Å². The van der Waals surface area contributed by atoms with Crippen LogP contribution in [-0.4, -0.2) is 41.7 Å². The molecule has 2 heterocycles. The van der Waals surface area contributed by atoms with E-state index >= 15 is 0 Å². The van der Waals surface area contributed by atoms with Gasteiger partial charge in [0.25, 0.3) is 5.91 Å². The normalized spacial score (nSPS) is 11.5. The number of hydrogen-bond donors (Lipinski definition) is 0. The Hall–Kier alpha value is -3.37. The maximum absolute atomic E-state index is 13.7. The molecule has 0 aliphatic carbocycles. The minimum atomic E-state index is -3.78. The third-order valence-electron chi connectivity index (χ3n) is 5.28. The van der Waals surface area contributed by atoms with Crippen molar-refractivity contribution in [2.24, 2.45) is 0 Å². The van der Waals surface area contributed by atoms with E-state index in [4.69, 9.17) is 11.6 Å². The number of pyridine rings is 1. The molecule has 1 amide bonds. The second-order valence-electron chi connectivity index (χ2n) is 7.78. The number of anilines is 1. The SMILES string of the molecule is C=CCN(CC=C)S(=O)(=O)c1ccc(C(=O)N(Cc2cccnc2)c2nc3ccc(Cl)cc3s2)cc1. The molecule has 0 unspecified atom stereocenters. The molecule has 4 rings (SSSR count). The summed E-state index contributed by atoms with van der Waals surface area (Å²) >= 11 is 7.49. The van der Waals surface area contributed by atoms with E-state index in [2.05, 4.69) is 23.1 Å². The van der Waals surface area contributed by atoms with Gasteiger partial charge >= 0.3 is 0 Å². The van der Waals surface area contributed by atoms with Crippen LogP contribution in [0.2, 0.25) is 5.02 Å². The molecule has 0 aliphatic rings. The number of fused-ring (bicyclic) bond motifs is 1. The molecule has 0 aliphatic heterocycles. The summed E-state index contributed by atoms with van der Waals surface area (Å²) in [6.07, 6.45) is 6.38. The highest BCUT2D eigenvalue weighted by Gasteiger charge is 2.25. The zero-order valence-corrected chi connectivity index (χ0v) is 21.6. The molecule has 0 saturated heterocycles. The molecule has 7 nitrogen and oxygen atoms in total. The fourth-order valence-electron chi connectivity index (χ4n) is 3.54. The number of carbonyl (C=O) groups excluding carboxylic acids is 1. The molecule has 2 aromatic heterocycles. The van der Waals surface area contributed by atoms with Gasteiger partial charge in [0, 0.05) is 36.1 Å². The van der Waals surface area contributed by atoms with Gasteiger partial charge in [-0.3, -0.25) is 14.7 Å². The van der Waals surface area contributed by atoms with Crippen molar-refractivity contribution in [3.63, 3.8) is 0 Å². The molecule has 10 heteroatoms. The van der Waals surface area contributed by atoms with Crippen LogP contribution in [-0.2, 0) is 16.6 Å². The maximum atomic E-state index is 13.7. The average molecular weight is 539 g/mol. The summed E-state index contributed by atoms with van der Waals surface area (Å²) in [4.78, 5) is 24.1. The molecular weight excluding hydrogens is 516 g/mol. The van der Waals surface area contributed by atoms with E-state index in [0.29, 0.717) is 15.7 Å². The third-order valence-corrected chi connectivity index (χ3v) is 8.41. The Balaban J connectivity index is 1.68. The first-order chi connectivity index (χ1) is 17.3. The summed E-state index contributed by atoms with van der Waals surface area (Å²) in [6, 6.07) is 14.9. The predicted octanol–water partition coefficient (Wildman–Crippen LogP) is 5.55. The van der Waals surface area contributed by atoms with Gasteiger partial charge in [-0.25, -0.2) is 13.4 Å². The number of rotatable bonds is 10. The van der Waals surface area contributed by atoms with Gasteiger partial charge < -0.3 is 0 Å². The lowest BCUT2D eigenvalue weighted by Gasteiger charge is -2.21. The minimum absolute atomic E-state index is 0.0798. The fraction of sp³-hybridized carbons (Fsp3) is 0.115. The number of hydrogen-bond acceptors (Lipinski definition) is 6. The van der Waals surface area contributed by atoms with Crippen LogP contribution in [0.5, 0.6) is 0 Å². The van der Waals surface area contributed by atoms with Crippen LogP contribution in [0.1, 0.15) is 15.9 Å². The van der Waals surface area contributed by atoms with E-state index in [1.54, 1.807) is 29.4 Å². The van der Waals surface area contributed by atoms with Gasteiger partial charge in [-0.2, -0.15) is 4.31 Å². The second-order valence-corrected chi connectivity index (χ2v) is 11.2. The number of benzene rings is 2. The van der Waals surface area contributed by atoms with Crippen molar-refractivity contribution < 1.29 is 13.2 Å². The number of halogens is 1. The highest BCUT2D eigenvalue weighted by atomic mass is 35.5. The van der Waals surface area contributed by atoms with Crippen LogP contribution < -0.4 is 4.90 Å². The van der Waals surface area contributed by atoms with Gasteiger partial charge in [0.2, 0.25) is 10.0 Å². The van der Waals surface area contributed by atoms with Gasteiger partial charge in [0.15, 0.2) is 5.13 Å². The lowest BCUT2D eigenvalue weighted by molar-refractivity contribution is 0.0985. The third kappa shape index (κ3) is 5.55. The Kier molecular flexibility index (Phi) is 7.95. The Labute approximate surface area is 219 Å². The molecular formula is C26H23ClN4O3S2. The molecule has 0 bridgehead atoms. The van der Waals surface area contributed by atoms with Gasteiger partial charge in [-0.15, -0.1) is 13.2 Å². The predicted molar refractivity (Wildman–Crippen MR) is 145 cm³/mol. The largest absolute Gasteiger partial charge is 0.279 e. The van der Waals surface area contributed by atoms with Crippen LogP contribution in [0, 0.1) is 0 Å². The summed E-state index contributed by atoms with van der Waals surface area (Å²) in [5, 5.41) is 1.09. The highest BCUT2D eigenvalue weighted by molar-refractivity contribution is 7.89. The number of nitrogens with zero attached hydrogens (tertiary/aromatic N) is 4. The molecule has 0 radical (unpaired) electrons. The van der Waals surface area contributed by atoms with Gasteiger partial charge in [0.1, 0.15) is 0 Å². The van der Waals surface area contributed by atoms with Crippen LogP contribution in [0.4, 0.5) is 5.13 Å². The van der Waals surface area contributed by atoms with Crippen molar-refractivity contribution in [1.82, 2.24) is 14.3 Å². The average Bonchev–Trinajstić information content (AvgIpc) is 3.30. The van der Waals surface area contributed by atoms with Crippen LogP contribution in [0.3, 0.4) is 0 Å². The first kappa shape index (κ1) is 25.7. The lowest BCUT2D eigenvalue weighted by atomic mass is 10.2. The molecule has 2 aromatic carbocycles. The summed E-state index contributed by atoms with van der Waals surface area (Å²) in [5.41, 5.74) is 1.88. The number of carbonyl (C=O) groups is 1. The van der Waals surface area contributed by atoms with Gasteiger partial charge in [-0.1, -0.05) is 41.2 Å². The first-order valence-electron chi connectivity index (χ1n) is 10.9. The minimum Gasteiger partial charge on any atom is -0.279 e. The smallest absolute Gasteiger partial charge is 0.260 e. The molecule has 184 valence electrons. The van der Waals surface area contributed by atoms with Gasteiger partial charge in [0.05, 0.1) is 21.7 Å². The Bertz CT molecular complexity index is 1490. The zero-order chi connectivity index (χ0) is 25.7. The Morgan fingerprint density at radius 1 is 1.06 bits per heavy atom. The first-order valence-corrected chi connectivity index (χ1v) is 13.6. The van der Waals surface area contributed by atoms with Crippen LogP contribution in [0.15, 0.2) is 97.2 Å². The van der Waals surface area contributed by atoms with Crippen molar-refractivity contribution in [2.75, 3.05) is 18.0 Å². The summed E-state index contributed by atoms with van der Waals surface area (Å²) < 4.78 is 28.2. The van der Waals surface area contributed by atoms with Crippen LogP contribution >= 0.6 is 22.9 Å². The van der Waals surface area contributed by atoms with E-state index in [0.717, 1.165) is 15.8 Å². The molecule has 0 spiro atoms. The molecule has 0 saturated carbocycles. The maximum Gasteiger partial charge on any atom is 0.260 e. The fourth-order valence-corrected chi connectivity index (χ4v) is 6.16. The summed E-state index contributed by atoms with van der Waals surface area (Å²) in [7, 11) is -3.78. The number of aromatic nitrogens is 2. The molecule has 0 N–H and O–H groups in total. The molecule has 0 fully saturated rings. The standard InChI is InChI=1S/C26H23ClN4O3S2/c1-3-14-30(15-4-2)36(33,34)22-10-7-20(8-11-22)25(32)31(18-19-6-5-13-28-17-19)26-29-23-12-9-21(27)16-24(23)35-26/h3-13,16-17H,1-2,14-15,18H2. The molecule has 0 atom stereocenters. The number of sulfonamides is 1. The lowest BCUT2D eigenvalue weighted by Crippen LogP contribution is -2.32. The van der Waals surface area contributed by atoms with E-state index < -0.39 is 10.0 Å². The van der Waals surface area contributed by atoms with Crippen molar-refractivity contribution in [3.05, 3.63) is 108 Å². The Morgan fingerprint density at radius 2 is 1.78 bits per heavy atom. The monoisotopic (exact) mass is 538 g/mol. The van der Waals surface area contributed by atoms with E-state index in [-0.39, 0.29) is 30.4 Å². The Morgan fingerprint density at radius 3 is 2.42 bits per heavy atom. The quantitative estimate of drug-likeness (QED) is 0.247. The topological polar surface area (TPSA) is 83.5 Å². The van der Waals surface area contributed by atoms with Crippen molar-refractivity contribution >= 4 is 54.2 Å². The second kappa shape index (κ2) is 11.1. The number of thiazole rings is 1. The van der Waals surface area contributed by atoms with Crippen molar-refractivity contribution in [1.29, 1.82) is 0 Å².